The van der Waals surface area contributed by atoms with E-state index < -0.39 is 66.5 Å². The molecule has 1 aromatic carbocycles. The van der Waals surface area contributed by atoms with Crippen molar-refractivity contribution in [2.24, 2.45) is 0 Å². The highest BCUT2D eigenvalue weighted by molar-refractivity contribution is 5.88. The van der Waals surface area contributed by atoms with Gasteiger partial charge < -0.3 is 30.7 Å². The van der Waals surface area contributed by atoms with Crippen LogP contribution >= 0.6 is 0 Å². The van der Waals surface area contributed by atoms with Gasteiger partial charge in [-0.05, 0) is 37.7 Å². The normalized spacial score (nSPS) is 11.8. The minimum Gasteiger partial charge on any atom is -0.481 e. The minimum absolute atomic E-state index is 0.0323. The van der Waals surface area contributed by atoms with E-state index in [2.05, 4.69) is 17.6 Å². The van der Waals surface area contributed by atoms with E-state index in [0.717, 1.165) is 31.2 Å². The maximum absolute atomic E-state index is 13.7. The summed E-state index contributed by atoms with van der Waals surface area (Å²) < 4.78 is 5.33. The number of amides is 2. The molecule has 0 spiro atoms. The van der Waals surface area contributed by atoms with E-state index in [1.807, 2.05) is 6.07 Å². The number of hydrogen-bond donors (Lipinski definition) is 5. The van der Waals surface area contributed by atoms with E-state index in [0.29, 0.717) is 6.42 Å². The molecule has 1 atom stereocenters. The summed E-state index contributed by atoms with van der Waals surface area (Å²) in [4.78, 5) is 73.5. The third-order valence-corrected chi connectivity index (χ3v) is 8.63. The van der Waals surface area contributed by atoms with Gasteiger partial charge in [-0.2, -0.15) is 0 Å². The summed E-state index contributed by atoms with van der Waals surface area (Å²) in [5.41, 5.74) is -0.695. The van der Waals surface area contributed by atoms with Gasteiger partial charge in [-0.1, -0.05) is 108 Å². The molecule has 2 amide bonds. The lowest BCUT2D eigenvalue weighted by Gasteiger charge is -2.36. The molecule has 49 heavy (non-hydrogen) atoms. The molecule has 0 unspecified atom stereocenters. The second kappa shape index (κ2) is 26.0. The van der Waals surface area contributed by atoms with Crippen LogP contribution in [0.2, 0.25) is 0 Å². The number of carboxylic acid groups (broad SMARTS) is 3. The number of esters is 1. The van der Waals surface area contributed by atoms with Gasteiger partial charge in [0.05, 0.1) is 0 Å². The summed E-state index contributed by atoms with van der Waals surface area (Å²) in [7, 11) is 0. The van der Waals surface area contributed by atoms with Crippen molar-refractivity contribution in [1.29, 1.82) is 0 Å². The second-order valence-corrected chi connectivity index (χ2v) is 12.9. The van der Waals surface area contributed by atoms with E-state index in [1.54, 1.807) is 24.3 Å². The highest BCUT2D eigenvalue weighted by atomic mass is 16.5. The van der Waals surface area contributed by atoms with Gasteiger partial charge in [-0.25, -0.2) is 0 Å². The van der Waals surface area contributed by atoms with Gasteiger partial charge in [0.2, 0.25) is 11.8 Å². The molecule has 0 aliphatic carbocycles. The molecular weight excluding hydrogens is 632 g/mol. The molecule has 0 bridgehead atoms. The van der Waals surface area contributed by atoms with Crippen molar-refractivity contribution in [1.82, 2.24) is 10.6 Å². The molecule has 0 aromatic heterocycles. The Bertz CT molecular complexity index is 1100. The topological polar surface area (TPSA) is 196 Å². The number of carbonyl (C=O) groups excluding carboxylic acids is 3. The number of aliphatic carboxylic acids is 3. The Morgan fingerprint density at radius 1 is 0.653 bits per heavy atom. The molecule has 1 aromatic rings. The lowest BCUT2D eigenvalue weighted by Crippen LogP contribution is -2.56. The highest BCUT2D eigenvalue weighted by Crippen LogP contribution is 2.27. The van der Waals surface area contributed by atoms with Crippen molar-refractivity contribution >= 4 is 35.7 Å². The quantitative estimate of drug-likeness (QED) is 0.0437. The van der Waals surface area contributed by atoms with E-state index in [4.69, 9.17) is 4.74 Å². The van der Waals surface area contributed by atoms with Crippen LogP contribution in [0.4, 0.5) is 0 Å². The summed E-state index contributed by atoms with van der Waals surface area (Å²) in [6.45, 7) is 2.24. The van der Waals surface area contributed by atoms with Crippen molar-refractivity contribution < 1.29 is 48.8 Å². The maximum Gasteiger partial charge on any atom is 0.306 e. The summed E-state index contributed by atoms with van der Waals surface area (Å²) in [6.07, 6.45) is 11.5. The molecule has 0 heterocycles. The zero-order valence-corrected chi connectivity index (χ0v) is 29.2. The van der Waals surface area contributed by atoms with Crippen LogP contribution in [0.1, 0.15) is 147 Å². The fourth-order valence-corrected chi connectivity index (χ4v) is 5.68. The molecule has 12 nitrogen and oxygen atoms in total. The minimum atomic E-state index is -1.47. The number of benzene rings is 1. The number of carboxylic acids is 3. The predicted molar refractivity (Wildman–Crippen MR) is 185 cm³/mol. The molecule has 5 N–H and O–H groups in total. The zero-order chi connectivity index (χ0) is 36.3. The lowest BCUT2D eigenvalue weighted by molar-refractivity contribution is -0.146. The SMILES string of the molecule is CCCCCCCCCCCCCCC(=O)N[C@@H](CCC(=O)OCc1ccccc1)C(=O)NC(CCC(=O)O)(CCC(=O)O)CCC(=O)O. The molecule has 276 valence electrons. The number of hydrogen-bond acceptors (Lipinski definition) is 7. The second-order valence-electron chi connectivity index (χ2n) is 12.9. The van der Waals surface area contributed by atoms with Crippen molar-refractivity contribution in [3.63, 3.8) is 0 Å². The number of ether oxygens (including phenoxy) is 1. The van der Waals surface area contributed by atoms with E-state index >= 15 is 0 Å². The van der Waals surface area contributed by atoms with Crippen LogP contribution in [-0.4, -0.2) is 62.6 Å². The van der Waals surface area contributed by atoms with E-state index in [9.17, 15) is 44.1 Å². The summed E-state index contributed by atoms with van der Waals surface area (Å²) in [5.74, 6) is -5.32. The van der Waals surface area contributed by atoms with Crippen LogP contribution in [0.15, 0.2) is 30.3 Å². The fourth-order valence-electron chi connectivity index (χ4n) is 5.68. The molecule has 1 rings (SSSR count). The monoisotopic (exact) mass is 690 g/mol. The van der Waals surface area contributed by atoms with Crippen LogP contribution in [0, 0.1) is 0 Å². The lowest BCUT2D eigenvalue weighted by atomic mass is 9.83. The Labute approximate surface area is 290 Å². The highest BCUT2D eigenvalue weighted by Gasteiger charge is 2.36. The first-order valence-electron chi connectivity index (χ1n) is 17.9. The molecule has 0 fully saturated rings. The Morgan fingerprint density at radius 3 is 1.59 bits per heavy atom. The number of unbranched alkanes of at least 4 members (excludes halogenated alkanes) is 11. The van der Waals surface area contributed by atoms with Gasteiger partial charge in [-0.15, -0.1) is 0 Å². The van der Waals surface area contributed by atoms with Crippen LogP contribution in [0.5, 0.6) is 0 Å². The van der Waals surface area contributed by atoms with Gasteiger partial charge in [0, 0.05) is 37.6 Å². The molecule has 0 aliphatic rings. The fraction of sp³-hybridized carbons (Fsp3) is 0.676. The van der Waals surface area contributed by atoms with Crippen LogP contribution in [0.25, 0.3) is 0 Å². The van der Waals surface area contributed by atoms with Crippen LogP contribution in [-0.2, 0) is 40.1 Å². The molecule has 0 aliphatic heterocycles. The van der Waals surface area contributed by atoms with Crippen molar-refractivity contribution in [2.45, 2.75) is 160 Å². The number of rotatable bonds is 30. The predicted octanol–water partition coefficient (Wildman–Crippen LogP) is 6.54. The third kappa shape index (κ3) is 22.3. The van der Waals surface area contributed by atoms with Gasteiger partial charge >= 0.3 is 23.9 Å². The first-order chi connectivity index (χ1) is 23.5. The first-order valence-corrected chi connectivity index (χ1v) is 17.9. The average molecular weight is 691 g/mol. The van der Waals surface area contributed by atoms with Gasteiger partial charge in [-0.3, -0.25) is 28.8 Å². The standard InChI is InChI=1S/C37H58N2O10/c1-2-3-4-5-6-7-8-9-10-11-12-16-19-31(40)38-30(20-21-35(47)49-28-29-17-14-13-15-18-29)36(48)39-37(25-22-32(41)42,26-23-33(43)44)27-24-34(45)46/h13-15,17-18,30H,2-12,16,19-28H2,1H3,(H,38,40)(H,39,48)(H,41,42)(H,43,44)(H,45,46)/t30-/m0/s1. The van der Waals surface area contributed by atoms with Crippen LogP contribution in [0.3, 0.4) is 0 Å². The Kier molecular flexibility index (Phi) is 22.8. The van der Waals surface area contributed by atoms with Crippen molar-refractivity contribution in [3.05, 3.63) is 35.9 Å². The van der Waals surface area contributed by atoms with E-state index in [1.165, 1.54) is 44.9 Å². The number of nitrogens with one attached hydrogen (secondary N) is 2. The Hall–Kier alpha value is -3.96. The average Bonchev–Trinajstić information content (AvgIpc) is 3.07. The smallest absolute Gasteiger partial charge is 0.306 e. The number of carbonyl (C=O) groups is 6. The zero-order valence-electron chi connectivity index (χ0n) is 29.2. The van der Waals surface area contributed by atoms with Gasteiger partial charge in [0.1, 0.15) is 12.6 Å². The molecule has 0 saturated carbocycles. The first kappa shape index (κ1) is 43.1. The van der Waals surface area contributed by atoms with Crippen molar-refractivity contribution in [3.8, 4) is 0 Å². The third-order valence-electron chi connectivity index (χ3n) is 8.63. The van der Waals surface area contributed by atoms with Crippen molar-refractivity contribution in [2.75, 3.05) is 0 Å². The largest absolute Gasteiger partial charge is 0.481 e. The molecule has 0 radical (unpaired) electrons. The van der Waals surface area contributed by atoms with Gasteiger partial charge in [0.15, 0.2) is 0 Å². The Morgan fingerprint density at radius 2 is 1.12 bits per heavy atom. The Balaban J connectivity index is 2.86. The summed E-state index contributed by atoms with van der Waals surface area (Å²) in [5, 5.41) is 33.4. The molecular formula is C37H58N2O10. The van der Waals surface area contributed by atoms with Gasteiger partial charge in [0.25, 0.3) is 0 Å². The summed E-state index contributed by atoms with van der Waals surface area (Å²) in [6, 6.07) is 7.82. The molecule has 0 saturated heterocycles. The molecule has 12 heteroatoms. The maximum atomic E-state index is 13.7. The van der Waals surface area contributed by atoms with Crippen LogP contribution < -0.4 is 10.6 Å². The van der Waals surface area contributed by atoms with E-state index in [-0.39, 0.29) is 45.1 Å². The summed E-state index contributed by atoms with van der Waals surface area (Å²) >= 11 is 0.